The third kappa shape index (κ3) is 3.22. The first-order valence-electron chi connectivity index (χ1n) is 6.99. The highest BCUT2D eigenvalue weighted by Gasteiger charge is 2.11. The highest BCUT2D eigenvalue weighted by molar-refractivity contribution is 7.09. The highest BCUT2D eigenvalue weighted by atomic mass is 32.1. The molecule has 0 spiro atoms. The van der Waals surface area contributed by atoms with E-state index in [0.29, 0.717) is 0 Å². The lowest BCUT2D eigenvalue weighted by atomic mass is 10.2. The van der Waals surface area contributed by atoms with E-state index < -0.39 is 0 Å². The fraction of sp³-hybridized carbons (Fsp3) is 0.333. The summed E-state index contributed by atoms with van der Waals surface area (Å²) >= 11 is 1.72. The van der Waals surface area contributed by atoms with E-state index >= 15 is 0 Å². The quantitative estimate of drug-likeness (QED) is 0.733. The van der Waals surface area contributed by atoms with Gasteiger partial charge in [0.25, 0.3) is 0 Å². The summed E-state index contributed by atoms with van der Waals surface area (Å²) in [5.41, 5.74) is 3.12. The van der Waals surface area contributed by atoms with Gasteiger partial charge < -0.3 is 9.73 Å². The highest BCUT2D eigenvalue weighted by Crippen LogP contribution is 2.23. The van der Waals surface area contributed by atoms with E-state index in [2.05, 4.69) is 32.8 Å². The summed E-state index contributed by atoms with van der Waals surface area (Å²) in [5, 5.41) is 13.8. The van der Waals surface area contributed by atoms with Crippen molar-refractivity contribution >= 4 is 11.3 Å². The molecule has 21 heavy (non-hydrogen) atoms. The first-order chi connectivity index (χ1) is 10.3. The van der Waals surface area contributed by atoms with Crippen LogP contribution in [0.1, 0.15) is 28.9 Å². The molecule has 3 aromatic rings. The Hall–Kier alpha value is -1.92. The molecule has 0 bridgehead atoms. The van der Waals surface area contributed by atoms with Crippen molar-refractivity contribution in [2.45, 2.75) is 33.4 Å². The van der Waals surface area contributed by atoms with Gasteiger partial charge in [0.1, 0.15) is 11.5 Å². The number of aromatic nitrogens is 3. The summed E-state index contributed by atoms with van der Waals surface area (Å²) in [4.78, 5) is 4.55. The number of furan rings is 1. The molecule has 5 nitrogen and oxygen atoms in total. The molecule has 0 atom stereocenters. The molecule has 0 fully saturated rings. The first-order valence-corrected chi connectivity index (χ1v) is 7.87. The molecule has 6 heteroatoms. The minimum atomic E-state index is 0.727. The summed E-state index contributed by atoms with van der Waals surface area (Å²) in [6.45, 7) is 5.55. The van der Waals surface area contributed by atoms with Gasteiger partial charge in [-0.2, -0.15) is 5.10 Å². The van der Waals surface area contributed by atoms with Crippen LogP contribution in [0.3, 0.4) is 0 Å². The lowest BCUT2D eigenvalue weighted by Crippen LogP contribution is -2.13. The second kappa shape index (κ2) is 6.24. The molecule has 110 valence electrons. The molecule has 0 aliphatic heterocycles. The van der Waals surface area contributed by atoms with Gasteiger partial charge in [-0.3, -0.25) is 5.10 Å². The van der Waals surface area contributed by atoms with Crippen LogP contribution in [0.4, 0.5) is 0 Å². The molecule has 3 aromatic heterocycles. The third-order valence-corrected chi connectivity index (χ3v) is 4.27. The predicted molar refractivity (Wildman–Crippen MR) is 83.1 cm³/mol. The molecule has 0 saturated heterocycles. The Bertz CT molecular complexity index is 713. The normalized spacial score (nSPS) is 11.1. The Morgan fingerprint density at radius 3 is 2.95 bits per heavy atom. The lowest BCUT2D eigenvalue weighted by molar-refractivity contribution is 0.545. The Morgan fingerprint density at radius 1 is 1.33 bits per heavy atom. The summed E-state index contributed by atoms with van der Waals surface area (Å²) in [7, 11) is 0. The average Bonchev–Trinajstić information content (AvgIpc) is 3.19. The van der Waals surface area contributed by atoms with Crippen LogP contribution < -0.4 is 5.32 Å². The summed E-state index contributed by atoms with van der Waals surface area (Å²) in [5.74, 6) is 1.72. The van der Waals surface area contributed by atoms with Crippen LogP contribution in [0, 0.1) is 6.92 Å². The van der Waals surface area contributed by atoms with Crippen LogP contribution in [0.15, 0.2) is 28.1 Å². The van der Waals surface area contributed by atoms with E-state index in [1.807, 2.05) is 25.3 Å². The van der Waals surface area contributed by atoms with E-state index in [9.17, 15) is 0 Å². The Morgan fingerprint density at radius 2 is 2.24 bits per heavy atom. The van der Waals surface area contributed by atoms with E-state index in [1.165, 1.54) is 5.01 Å². The number of H-pyrrole nitrogens is 1. The molecule has 0 unspecified atom stereocenters. The maximum Gasteiger partial charge on any atom is 0.152 e. The van der Waals surface area contributed by atoms with Crippen molar-refractivity contribution in [3.05, 3.63) is 45.7 Å². The van der Waals surface area contributed by atoms with Crippen molar-refractivity contribution in [2.75, 3.05) is 0 Å². The fourth-order valence-corrected chi connectivity index (χ4v) is 2.89. The Labute approximate surface area is 127 Å². The number of nitrogens with one attached hydrogen (secondary N) is 2. The van der Waals surface area contributed by atoms with Crippen LogP contribution in [0.25, 0.3) is 11.5 Å². The van der Waals surface area contributed by atoms with Gasteiger partial charge in [0, 0.05) is 24.0 Å². The van der Waals surface area contributed by atoms with Gasteiger partial charge >= 0.3 is 0 Å². The monoisotopic (exact) mass is 302 g/mol. The van der Waals surface area contributed by atoms with Crippen LogP contribution >= 0.6 is 11.3 Å². The number of aryl methyl sites for hydroxylation is 2. The zero-order valence-corrected chi connectivity index (χ0v) is 13.0. The van der Waals surface area contributed by atoms with Gasteiger partial charge in [-0.15, -0.1) is 11.3 Å². The number of hydrogen-bond donors (Lipinski definition) is 2. The molecular formula is C15H18N4OS. The molecule has 0 saturated carbocycles. The molecular weight excluding hydrogens is 284 g/mol. The van der Waals surface area contributed by atoms with Crippen LogP contribution in [-0.4, -0.2) is 15.2 Å². The largest absolute Gasteiger partial charge is 0.460 e. The second-order valence-electron chi connectivity index (χ2n) is 4.87. The van der Waals surface area contributed by atoms with Gasteiger partial charge in [0.05, 0.1) is 16.9 Å². The van der Waals surface area contributed by atoms with E-state index in [0.717, 1.165) is 48.0 Å². The van der Waals surface area contributed by atoms with E-state index in [4.69, 9.17) is 4.42 Å². The number of rotatable bonds is 6. The zero-order valence-electron chi connectivity index (χ0n) is 12.1. The first kappa shape index (κ1) is 14.0. The smallest absolute Gasteiger partial charge is 0.152 e. The lowest BCUT2D eigenvalue weighted by Gasteiger charge is -2.02. The number of aromatic amines is 1. The Kier molecular flexibility index (Phi) is 4.17. The van der Waals surface area contributed by atoms with Crippen molar-refractivity contribution in [2.24, 2.45) is 0 Å². The van der Waals surface area contributed by atoms with Crippen molar-refractivity contribution in [3.63, 3.8) is 0 Å². The molecule has 0 radical (unpaired) electrons. The zero-order chi connectivity index (χ0) is 14.7. The van der Waals surface area contributed by atoms with E-state index in [-0.39, 0.29) is 0 Å². The van der Waals surface area contributed by atoms with Gasteiger partial charge in [0.15, 0.2) is 5.76 Å². The summed E-state index contributed by atoms with van der Waals surface area (Å²) in [6.07, 6.45) is 2.83. The Balaban J connectivity index is 1.62. The van der Waals surface area contributed by atoms with Crippen molar-refractivity contribution in [3.8, 4) is 11.5 Å². The summed E-state index contributed by atoms with van der Waals surface area (Å²) < 4.78 is 5.64. The van der Waals surface area contributed by atoms with Crippen molar-refractivity contribution in [1.82, 2.24) is 20.5 Å². The standard InChI is InChI=1S/C15H18N4OS/c1-3-14-18-12(9-21-14)8-16-6-11-7-17-19-15(11)13-5-4-10(2)20-13/h4-5,7,9,16H,3,6,8H2,1-2H3,(H,17,19). The molecule has 2 N–H and O–H groups in total. The van der Waals surface area contributed by atoms with Crippen molar-refractivity contribution < 1.29 is 4.42 Å². The molecule has 0 aromatic carbocycles. The molecule has 0 aliphatic rings. The maximum atomic E-state index is 5.64. The third-order valence-electron chi connectivity index (χ3n) is 3.23. The maximum absolute atomic E-state index is 5.64. The minimum Gasteiger partial charge on any atom is -0.460 e. The SMILES string of the molecule is CCc1nc(CNCc2cn[nH]c2-c2ccc(C)o2)cs1. The van der Waals surface area contributed by atoms with E-state index in [1.54, 1.807) is 11.3 Å². The molecule has 3 heterocycles. The molecule has 0 amide bonds. The number of nitrogens with zero attached hydrogens (tertiary/aromatic N) is 2. The molecule has 3 rings (SSSR count). The van der Waals surface area contributed by atoms with Gasteiger partial charge in [-0.25, -0.2) is 4.98 Å². The number of hydrogen-bond acceptors (Lipinski definition) is 5. The van der Waals surface area contributed by atoms with Crippen LogP contribution in [-0.2, 0) is 19.5 Å². The average molecular weight is 302 g/mol. The van der Waals surface area contributed by atoms with Crippen LogP contribution in [0.2, 0.25) is 0 Å². The predicted octanol–water partition coefficient (Wildman–Crippen LogP) is 3.29. The summed E-state index contributed by atoms with van der Waals surface area (Å²) in [6, 6.07) is 3.91. The number of thiazole rings is 1. The topological polar surface area (TPSA) is 66.7 Å². The van der Waals surface area contributed by atoms with Gasteiger partial charge in [0.2, 0.25) is 0 Å². The van der Waals surface area contributed by atoms with Gasteiger partial charge in [-0.05, 0) is 25.5 Å². The molecule has 0 aliphatic carbocycles. The second-order valence-corrected chi connectivity index (χ2v) is 5.81. The van der Waals surface area contributed by atoms with Crippen molar-refractivity contribution in [1.29, 1.82) is 0 Å². The minimum absolute atomic E-state index is 0.727. The van der Waals surface area contributed by atoms with Gasteiger partial charge in [-0.1, -0.05) is 6.92 Å². The van der Waals surface area contributed by atoms with Crippen LogP contribution in [0.5, 0.6) is 0 Å². The fourth-order valence-electron chi connectivity index (χ4n) is 2.15.